The van der Waals surface area contributed by atoms with Gasteiger partial charge in [-0.25, -0.2) is 0 Å². The number of carbonyl (C=O) groups excluding carboxylic acids is 1. The van der Waals surface area contributed by atoms with Crippen molar-refractivity contribution in [2.45, 2.75) is 25.7 Å². The van der Waals surface area contributed by atoms with E-state index in [2.05, 4.69) is 5.32 Å². The number of anilines is 1. The van der Waals surface area contributed by atoms with Crippen molar-refractivity contribution in [1.29, 1.82) is 0 Å². The largest absolute Gasteiger partial charge is 0.491 e. The van der Waals surface area contributed by atoms with Crippen molar-refractivity contribution in [2.75, 3.05) is 25.6 Å². The van der Waals surface area contributed by atoms with E-state index >= 15 is 0 Å². The van der Waals surface area contributed by atoms with Gasteiger partial charge in [0.05, 0.1) is 18.4 Å². The van der Waals surface area contributed by atoms with Crippen LogP contribution in [0.3, 0.4) is 0 Å². The molecule has 0 radical (unpaired) electrons. The van der Waals surface area contributed by atoms with Crippen LogP contribution in [-0.4, -0.2) is 37.3 Å². The van der Waals surface area contributed by atoms with E-state index in [0.717, 1.165) is 12.8 Å². The van der Waals surface area contributed by atoms with Crippen LogP contribution in [0.15, 0.2) is 24.3 Å². The SMILES string of the molecule is COCCOc1cccc(NC(=O)[C@@H]2CCCC[C@H]2C(=O)O)c1. The fourth-order valence-corrected chi connectivity index (χ4v) is 2.88. The van der Waals surface area contributed by atoms with E-state index in [0.29, 0.717) is 37.5 Å². The standard InChI is InChI=1S/C17H23NO5/c1-22-9-10-23-13-6-4-5-12(11-13)18-16(19)14-7-2-3-8-15(14)17(20)21/h4-6,11,14-15H,2-3,7-10H2,1H3,(H,18,19)(H,20,21)/t14-,15-/m1/s1. The first-order valence-corrected chi connectivity index (χ1v) is 7.87. The Morgan fingerprint density at radius 1 is 1.22 bits per heavy atom. The van der Waals surface area contributed by atoms with Crippen LogP contribution in [0.4, 0.5) is 5.69 Å². The molecule has 0 unspecified atom stereocenters. The van der Waals surface area contributed by atoms with Crippen LogP contribution in [-0.2, 0) is 14.3 Å². The predicted molar refractivity (Wildman–Crippen MR) is 85.5 cm³/mol. The van der Waals surface area contributed by atoms with Gasteiger partial charge in [-0.05, 0) is 25.0 Å². The molecule has 1 aliphatic rings. The molecular weight excluding hydrogens is 298 g/mol. The summed E-state index contributed by atoms with van der Waals surface area (Å²) < 4.78 is 10.4. The van der Waals surface area contributed by atoms with E-state index in [4.69, 9.17) is 9.47 Å². The Bertz CT molecular complexity index is 546. The van der Waals surface area contributed by atoms with Crippen molar-refractivity contribution in [2.24, 2.45) is 11.8 Å². The van der Waals surface area contributed by atoms with E-state index in [1.165, 1.54) is 0 Å². The molecular formula is C17H23NO5. The second-order valence-electron chi connectivity index (χ2n) is 5.69. The van der Waals surface area contributed by atoms with Crippen LogP contribution in [0.2, 0.25) is 0 Å². The second-order valence-corrected chi connectivity index (χ2v) is 5.69. The van der Waals surface area contributed by atoms with Crippen LogP contribution < -0.4 is 10.1 Å². The number of carbonyl (C=O) groups is 2. The molecule has 1 amide bonds. The Kier molecular flexibility index (Phi) is 6.40. The number of benzene rings is 1. The maximum Gasteiger partial charge on any atom is 0.307 e. The number of amides is 1. The molecule has 0 heterocycles. The summed E-state index contributed by atoms with van der Waals surface area (Å²) in [4.78, 5) is 23.7. The van der Waals surface area contributed by atoms with Crippen LogP contribution in [0, 0.1) is 11.8 Å². The first kappa shape index (κ1) is 17.3. The molecule has 1 aromatic rings. The summed E-state index contributed by atoms with van der Waals surface area (Å²) in [7, 11) is 1.60. The molecule has 2 N–H and O–H groups in total. The number of hydrogen-bond donors (Lipinski definition) is 2. The van der Waals surface area contributed by atoms with E-state index in [-0.39, 0.29) is 5.91 Å². The molecule has 2 atom stereocenters. The lowest BCUT2D eigenvalue weighted by Gasteiger charge is -2.27. The molecule has 0 spiro atoms. The Balaban J connectivity index is 1.98. The fourth-order valence-electron chi connectivity index (χ4n) is 2.88. The topological polar surface area (TPSA) is 84.9 Å². The summed E-state index contributed by atoms with van der Waals surface area (Å²) in [6.45, 7) is 0.913. The quantitative estimate of drug-likeness (QED) is 0.754. The maximum atomic E-state index is 12.4. The molecule has 6 nitrogen and oxygen atoms in total. The zero-order valence-corrected chi connectivity index (χ0v) is 13.3. The van der Waals surface area contributed by atoms with Gasteiger partial charge in [-0.3, -0.25) is 9.59 Å². The van der Waals surface area contributed by atoms with Crippen molar-refractivity contribution < 1.29 is 24.2 Å². The van der Waals surface area contributed by atoms with Gasteiger partial charge in [0.15, 0.2) is 0 Å². The normalized spacial score (nSPS) is 20.7. The summed E-state index contributed by atoms with van der Waals surface area (Å²) in [6.07, 6.45) is 2.94. The number of aliphatic carboxylic acids is 1. The smallest absolute Gasteiger partial charge is 0.307 e. The van der Waals surface area contributed by atoms with Crippen LogP contribution in [0.1, 0.15) is 25.7 Å². The van der Waals surface area contributed by atoms with E-state index in [1.54, 1.807) is 31.4 Å². The zero-order chi connectivity index (χ0) is 16.7. The minimum absolute atomic E-state index is 0.230. The highest BCUT2D eigenvalue weighted by Gasteiger charge is 2.35. The molecule has 1 aliphatic carbocycles. The van der Waals surface area contributed by atoms with Gasteiger partial charge in [0.2, 0.25) is 5.91 Å². The van der Waals surface area contributed by atoms with Gasteiger partial charge in [0, 0.05) is 18.9 Å². The van der Waals surface area contributed by atoms with Crippen LogP contribution in [0.5, 0.6) is 5.75 Å². The summed E-state index contributed by atoms with van der Waals surface area (Å²) >= 11 is 0. The maximum absolute atomic E-state index is 12.4. The van der Waals surface area contributed by atoms with Gasteiger partial charge >= 0.3 is 5.97 Å². The molecule has 0 saturated heterocycles. The van der Waals surface area contributed by atoms with Gasteiger partial charge in [0.25, 0.3) is 0 Å². The Labute approximate surface area is 135 Å². The molecule has 0 aliphatic heterocycles. The van der Waals surface area contributed by atoms with E-state index in [1.807, 2.05) is 0 Å². The molecule has 0 aromatic heterocycles. The number of methoxy groups -OCH3 is 1. The number of ether oxygens (including phenoxy) is 2. The van der Waals surface area contributed by atoms with Crippen molar-refractivity contribution in [3.05, 3.63) is 24.3 Å². The monoisotopic (exact) mass is 321 g/mol. The highest BCUT2D eigenvalue weighted by molar-refractivity contribution is 5.95. The Morgan fingerprint density at radius 3 is 2.65 bits per heavy atom. The molecule has 6 heteroatoms. The predicted octanol–water partition coefficient (Wildman–Crippen LogP) is 2.54. The number of carboxylic acids is 1. The van der Waals surface area contributed by atoms with Gasteiger partial charge in [-0.1, -0.05) is 18.9 Å². The Hall–Kier alpha value is -2.08. The number of carboxylic acid groups (broad SMARTS) is 1. The summed E-state index contributed by atoms with van der Waals surface area (Å²) in [5.41, 5.74) is 0.611. The first-order valence-electron chi connectivity index (χ1n) is 7.87. The molecule has 126 valence electrons. The van der Waals surface area contributed by atoms with Crippen molar-refractivity contribution >= 4 is 17.6 Å². The molecule has 23 heavy (non-hydrogen) atoms. The average Bonchev–Trinajstić information content (AvgIpc) is 2.55. The zero-order valence-electron chi connectivity index (χ0n) is 13.3. The van der Waals surface area contributed by atoms with E-state index in [9.17, 15) is 14.7 Å². The summed E-state index contributed by atoms with van der Waals surface area (Å²) in [5.74, 6) is -1.55. The Morgan fingerprint density at radius 2 is 1.96 bits per heavy atom. The lowest BCUT2D eigenvalue weighted by atomic mass is 9.78. The molecule has 0 bridgehead atoms. The van der Waals surface area contributed by atoms with Crippen LogP contribution >= 0.6 is 0 Å². The van der Waals surface area contributed by atoms with Gasteiger partial charge < -0.3 is 19.9 Å². The van der Waals surface area contributed by atoms with Crippen molar-refractivity contribution in [1.82, 2.24) is 0 Å². The average molecular weight is 321 g/mol. The van der Waals surface area contributed by atoms with Gasteiger partial charge in [-0.2, -0.15) is 0 Å². The second kappa shape index (κ2) is 8.53. The number of rotatable bonds is 7. The van der Waals surface area contributed by atoms with Crippen LogP contribution in [0.25, 0.3) is 0 Å². The summed E-state index contributed by atoms with van der Waals surface area (Å²) in [5, 5.41) is 12.1. The molecule has 1 fully saturated rings. The summed E-state index contributed by atoms with van der Waals surface area (Å²) in [6, 6.07) is 7.07. The fraction of sp³-hybridized carbons (Fsp3) is 0.529. The van der Waals surface area contributed by atoms with Crippen molar-refractivity contribution in [3.63, 3.8) is 0 Å². The highest BCUT2D eigenvalue weighted by atomic mass is 16.5. The highest BCUT2D eigenvalue weighted by Crippen LogP contribution is 2.31. The first-order chi connectivity index (χ1) is 11.1. The number of nitrogens with one attached hydrogen (secondary N) is 1. The lowest BCUT2D eigenvalue weighted by Crippen LogP contribution is -2.36. The number of hydrogen-bond acceptors (Lipinski definition) is 4. The molecule has 1 aromatic carbocycles. The molecule has 2 rings (SSSR count). The van der Waals surface area contributed by atoms with Gasteiger partial charge in [-0.15, -0.1) is 0 Å². The third-order valence-electron chi connectivity index (χ3n) is 4.08. The third kappa shape index (κ3) is 4.96. The minimum atomic E-state index is -0.888. The third-order valence-corrected chi connectivity index (χ3v) is 4.08. The van der Waals surface area contributed by atoms with E-state index < -0.39 is 17.8 Å². The molecule has 1 saturated carbocycles. The minimum Gasteiger partial charge on any atom is -0.491 e. The van der Waals surface area contributed by atoms with Gasteiger partial charge in [0.1, 0.15) is 12.4 Å². The van der Waals surface area contributed by atoms with Crippen molar-refractivity contribution in [3.8, 4) is 5.75 Å². The lowest BCUT2D eigenvalue weighted by molar-refractivity contribution is -0.147.